The molecule has 0 radical (unpaired) electrons. The minimum absolute atomic E-state index is 0.0650. The van der Waals surface area contributed by atoms with Crippen LogP contribution in [0.2, 0.25) is 0 Å². The van der Waals surface area contributed by atoms with Gasteiger partial charge in [-0.05, 0) is 38.5 Å². The van der Waals surface area contributed by atoms with Crippen molar-refractivity contribution in [3.8, 4) is 0 Å². The molecule has 2 saturated carbocycles. The van der Waals surface area contributed by atoms with Crippen LogP contribution in [0.15, 0.2) is 10.7 Å². The first-order chi connectivity index (χ1) is 14.8. The van der Waals surface area contributed by atoms with Crippen molar-refractivity contribution >= 4 is 5.91 Å². The lowest BCUT2D eigenvalue weighted by molar-refractivity contribution is -0.137. The van der Waals surface area contributed by atoms with Crippen LogP contribution in [0.25, 0.3) is 0 Å². The van der Waals surface area contributed by atoms with E-state index >= 15 is 0 Å². The lowest BCUT2D eigenvalue weighted by atomic mass is 9.89. The Morgan fingerprint density at radius 2 is 1.33 bits per heavy atom. The third-order valence-electron chi connectivity index (χ3n) is 7.84. The first-order valence-corrected chi connectivity index (χ1v) is 13.1. The molecule has 1 aromatic rings. The van der Waals surface area contributed by atoms with E-state index in [0.29, 0.717) is 11.8 Å². The van der Waals surface area contributed by atoms with Crippen molar-refractivity contribution in [1.29, 1.82) is 0 Å². The summed E-state index contributed by atoms with van der Waals surface area (Å²) in [5.74, 6) is 1.94. The summed E-state index contributed by atoms with van der Waals surface area (Å²) in [4.78, 5) is 20.6. The van der Waals surface area contributed by atoms with Crippen LogP contribution in [0, 0.1) is 5.92 Å². The Morgan fingerprint density at radius 1 is 0.767 bits per heavy atom. The topological polar surface area (TPSA) is 46.3 Å². The van der Waals surface area contributed by atoms with Gasteiger partial charge in [-0.15, -0.1) is 0 Å². The average molecular weight is 415 g/mol. The second-order valence-corrected chi connectivity index (χ2v) is 10.1. The Kier molecular flexibility index (Phi) is 8.28. The second-order valence-electron chi connectivity index (χ2n) is 10.1. The van der Waals surface area contributed by atoms with E-state index in [1.54, 1.807) is 0 Å². The third kappa shape index (κ3) is 5.68. The molecule has 1 atom stereocenters. The molecule has 2 aliphatic carbocycles. The number of aromatic nitrogens is 1. The highest BCUT2D eigenvalue weighted by Crippen LogP contribution is 2.37. The maximum Gasteiger partial charge on any atom is 0.226 e. The van der Waals surface area contributed by atoms with Crippen molar-refractivity contribution in [1.82, 2.24) is 9.88 Å². The van der Waals surface area contributed by atoms with Gasteiger partial charge in [0.15, 0.2) is 0 Å². The molecule has 0 unspecified atom stereocenters. The van der Waals surface area contributed by atoms with Crippen LogP contribution in [-0.2, 0) is 4.79 Å². The molecular weight excluding hydrogens is 372 g/mol. The summed E-state index contributed by atoms with van der Waals surface area (Å²) in [6, 6.07) is 0.0650. The van der Waals surface area contributed by atoms with Crippen LogP contribution in [-0.4, -0.2) is 22.3 Å². The van der Waals surface area contributed by atoms with E-state index in [1.807, 2.05) is 6.26 Å². The van der Waals surface area contributed by atoms with Crippen molar-refractivity contribution in [2.75, 3.05) is 6.54 Å². The smallest absolute Gasteiger partial charge is 0.226 e. The van der Waals surface area contributed by atoms with Crippen LogP contribution in [0.4, 0.5) is 0 Å². The summed E-state index contributed by atoms with van der Waals surface area (Å²) in [5, 5.41) is 0. The highest BCUT2D eigenvalue weighted by atomic mass is 16.3. The highest BCUT2D eigenvalue weighted by Gasteiger charge is 2.36. The molecule has 1 aromatic heterocycles. The van der Waals surface area contributed by atoms with E-state index in [2.05, 4.69) is 4.90 Å². The third-order valence-corrected chi connectivity index (χ3v) is 7.84. The Labute approximate surface area is 183 Å². The highest BCUT2D eigenvalue weighted by molar-refractivity contribution is 5.79. The van der Waals surface area contributed by atoms with Crippen LogP contribution in [0.5, 0.6) is 0 Å². The quantitative estimate of drug-likeness (QED) is 0.521. The molecule has 0 spiro atoms. The molecule has 4 rings (SSSR count). The van der Waals surface area contributed by atoms with Gasteiger partial charge in [-0.2, -0.15) is 0 Å². The normalized spacial score (nSPS) is 26.3. The Morgan fingerprint density at radius 3 is 1.97 bits per heavy atom. The Bertz CT molecular complexity index is 637. The van der Waals surface area contributed by atoms with Gasteiger partial charge in [0.2, 0.25) is 11.8 Å². The van der Waals surface area contributed by atoms with Crippen molar-refractivity contribution in [2.45, 2.75) is 128 Å². The van der Waals surface area contributed by atoms with Gasteiger partial charge >= 0.3 is 0 Å². The van der Waals surface area contributed by atoms with Crippen LogP contribution < -0.4 is 0 Å². The zero-order chi connectivity index (χ0) is 20.6. The van der Waals surface area contributed by atoms with Crippen LogP contribution in [0.3, 0.4) is 0 Å². The molecule has 4 heteroatoms. The molecular formula is C26H42N2O2. The number of nitrogens with zero attached hydrogens (tertiary/aromatic N) is 2. The Hall–Kier alpha value is -1.32. The SMILES string of the molecule is O=C(C1CCCCCCCCC1)N1CCC[C@H]1c1nc(C2CCCCCCC2)co1. The van der Waals surface area contributed by atoms with E-state index in [-0.39, 0.29) is 12.0 Å². The van der Waals surface area contributed by atoms with Crippen LogP contribution in [0.1, 0.15) is 139 Å². The second kappa shape index (κ2) is 11.3. The van der Waals surface area contributed by atoms with Gasteiger partial charge in [0.25, 0.3) is 0 Å². The fraction of sp³-hybridized carbons (Fsp3) is 0.846. The summed E-state index contributed by atoms with van der Waals surface area (Å²) in [6.07, 6.45) is 24.4. The standard InChI is InChI=1S/C26H42N2O2/c29-26(22-16-11-5-2-1-3-6-12-17-22)28-19-13-18-24(28)25-27-23(20-30-25)21-14-9-7-4-8-10-15-21/h20-22,24H,1-19H2/t24-/m0/s1. The monoisotopic (exact) mass is 414 g/mol. The molecule has 30 heavy (non-hydrogen) atoms. The number of oxazole rings is 1. The van der Waals surface area contributed by atoms with E-state index in [0.717, 1.165) is 43.8 Å². The first kappa shape index (κ1) is 21.9. The van der Waals surface area contributed by atoms with Crippen LogP contribution >= 0.6 is 0 Å². The fourth-order valence-corrected chi connectivity index (χ4v) is 5.97. The summed E-state index contributed by atoms with van der Waals surface area (Å²) in [6.45, 7) is 0.876. The summed E-state index contributed by atoms with van der Waals surface area (Å²) in [5.41, 5.74) is 1.14. The predicted molar refractivity (Wildman–Crippen MR) is 120 cm³/mol. The zero-order valence-corrected chi connectivity index (χ0v) is 19.0. The maximum atomic E-state index is 13.5. The molecule has 1 amide bonds. The van der Waals surface area contributed by atoms with E-state index in [1.165, 1.54) is 89.9 Å². The van der Waals surface area contributed by atoms with E-state index in [4.69, 9.17) is 9.40 Å². The lowest BCUT2D eigenvalue weighted by Gasteiger charge is -2.28. The van der Waals surface area contributed by atoms with Crippen molar-refractivity contribution in [3.05, 3.63) is 17.8 Å². The maximum absolute atomic E-state index is 13.5. The molecule has 2 heterocycles. The number of carbonyl (C=O) groups excluding carboxylic acids is 1. The molecule has 1 aliphatic heterocycles. The van der Waals surface area contributed by atoms with Gasteiger partial charge in [0, 0.05) is 18.4 Å². The zero-order valence-electron chi connectivity index (χ0n) is 19.0. The predicted octanol–water partition coefficient (Wildman–Crippen LogP) is 7.31. The van der Waals surface area contributed by atoms with Gasteiger partial charge in [0.1, 0.15) is 12.3 Å². The lowest BCUT2D eigenvalue weighted by Crippen LogP contribution is -2.36. The molecule has 3 aliphatic rings. The molecule has 0 aromatic carbocycles. The van der Waals surface area contributed by atoms with Gasteiger partial charge in [-0.25, -0.2) is 4.98 Å². The number of carbonyl (C=O) groups is 1. The number of rotatable bonds is 3. The minimum Gasteiger partial charge on any atom is -0.446 e. The average Bonchev–Trinajstić information content (AvgIpc) is 3.40. The largest absolute Gasteiger partial charge is 0.446 e. The van der Waals surface area contributed by atoms with Crippen molar-refractivity contribution < 1.29 is 9.21 Å². The number of likely N-dealkylation sites (tertiary alicyclic amines) is 1. The van der Waals surface area contributed by atoms with Gasteiger partial charge in [0.05, 0.1) is 5.69 Å². The minimum atomic E-state index is 0.0650. The first-order valence-electron chi connectivity index (χ1n) is 13.1. The fourth-order valence-electron chi connectivity index (χ4n) is 5.97. The molecule has 3 fully saturated rings. The van der Waals surface area contributed by atoms with Crippen molar-refractivity contribution in [3.63, 3.8) is 0 Å². The molecule has 4 nitrogen and oxygen atoms in total. The Balaban J connectivity index is 1.41. The van der Waals surface area contributed by atoms with E-state index < -0.39 is 0 Å². The van der Waals surface area contributed by atoms with Crippen molar-refractivity contribution in [2.24, 2.45) is 5.92 Å². The summed E-state index contributed by atoms with van der Waals surface area (Å²) in [7, 11) is 0. The molecule has 0 bridgehead atoms. The molecule has 1 saturated heterocycles. The summed E-state index contributed by atoms with van der Waals surface area (Å²) >= 11 is 0. The van der Waals surface area contributed by atoms with Gasteiger partial charge < -0.3 is 9.32 Å². The number of hydrogen-bond acceptors (Lipinski definition) is 3. The number of hydrogen-bond donors (Lipinski definition) is 0. The summed E-state index contributed by atoms with van der Waals surface area (Å²) < 4.78 is 6.02. The molecule has 0 N–H and O–H groups in total. The van der Waals surface area contributed by atoms with E-state index in [9.17, 15) is 4.79 Å². The van der Waals surface area contributed by atoms with Gasteiger partial charge in [-0.3, -0.25) is 4.79 Å². The molecule has 168 valence electrons. The van der Waals surface area contributed by atoms with Gasteiger partial charge in [-0.1, -0.05) is 77.0 Å². The number of amides is 1.